The lowest BCUT2D eigenvalue weighted by Crippen LogP contribution is -1.87. The third-order valence-corrected chi connectivity index (χ3v) is 2.11. The molecule has 72 valence electrons. The number of oxazole rings is 1. The van der Waals surface area contributed by atoms with E-state index in [0.29, 0.717) is 16.3 Å². The predicted molar refractivity (Wildman–Crippen MR) is 52.1 cm³/mol. The van der Waals surface area contributed by atoms with Crippen molar-refractivity contribution in [2.24, 2.45) is 0 Å². The Kier molecular flexibility index (Phi) is 2.33. The number of aryl methyl sites for hydroxylation is 1. The minimum Gasteiger partial charge on any atom is -0.439 e. The van der Waals surface area contributed by atoms with E-state index in [1.54, 1.807) is 6.92 Å². The third-order valence-electron chi connectivity index (χ3n) is 1.67. The maximum atomic E-state index is 13.3. The van der Waals surface area contributed by atoms with Gasteiger partial charge in [0.25, 0.3) is 0 Å². The van der Waals surface area contributed by atoms with Crippen molar-refractivity contribution in [3.8, 4) is 11.5 Å². The molecule has 0 unspecified atom stereocenters. The first-order valence-corrected chi connectivity index (χ1v) is 4.71. The van der Waals surface area contributed by atoms with Crippen LogP contribution < -0.4 is 0 Å². The molecule has 0 aliphatic rings. The van der Waals surface area contributed by atoms with Gasteiger partial charge in [-0.1, -0.05) is 0 Å². The lowest BCUT2D eigenvalue weighted by molar-refractivity contribution is 0.525. The first-order chi connectivity index (χ1) is 6.66. The highest BCUT2D eigenvalue weighted by Crippen LogP contribution is 2.22. The average molecular weight is 257 g/mol. The summed E-state index contributed by atoms with van der Waals surface area (Å²) < 4.78 is 19.0. The van der Waals surface area contributed by atoms with Crippen molar-refractivity contribution in [1.82, 2.24) is 9.97 Å². The molecule has 0 fully saturated rings. The van der Waals surface area contributed by atoms with Gasteiger partial charge in [0.15, 0.2) is 17.5 Å². The monoisotopic (exact) mass is 256 g/mol. The highest BCUT2D eigenvalue weighted by molar-refractivity contribution is 9.10. The van der Waals surface area contributed by atoms with E-state index in [0.717, 1.165) is 0 Å². The zero-order valence-corrected chi connectivity index (χ0v) is 8.88. The summed E-state index contributed by atoms with van der Waals surface area (Å²) in [6, 6.07) is 2.85. The van der Waals surface area contributed by atoms with Gasteiger partial charge < -0.3 is 4.42 Å². The molecule has 0 N–H and O–H groups in total. The van der Waals surface area contributed by atoms with Crippen LogP contribution in [0, 0.1) is 12.7 Å². The highest BCUT2D eigenvalue weighted by Gasteiger charge is 2.11. The van der Waals surface area contributed by atoms with Crippen molar-refractivity contribution < 1.29 is 8.81 Å². The normalized spacial score (nSPS) is 10.5. The Labute approximate surface area is 88.1 Å². The standard InChI is InChI=1S/C9H6BrFN2O/c1-5-12-4-7(14-5)9-6(11)2-3-8(10)13-9/h2-4H,1H3. The van der Waals surface area contributed by atoms with Crippen LogP contribution in [0.2, 0.25) is 0 Å². The molecule has 2 heterocycles. The lowest BCUT2D eigenvalue weighted by atomic mass is 10.3. The van der Waals surface area contributed by atoms with Crippen LogP contribution in [0.5, 0.6) is 0 Å². The SMILES string of the molecule is Cc1ncc(-c2nc(Br)ccc2F)o1. The summed E-state index contributed by atoms with van der Waals surface area (Å²) in [5.74, 6) is 0.395. The Morgan fingerprint density at radius 1 is 1.43 bits per heavy atom. The Hall–Kier alpha value is -1.23. The Bertz CT molecular complexity index is 470. The molecule has 0 atom stereocenters. The van der Waals surface area contributed by atoms with Crippen molar-refractivity contribution in [3.63, 3.8) is 0 Å². The number of halogens is 2. The number of rotatable bonds is 1. The second kappa shape index (κ2) is 3.49. The number of pyridine rings is 1. The van der Waals surface area contributed by atoms with E-state index in [1.165, 1.54) is 18.3 Å². The molecule has 0 aromatic carbocycles. The molecule has 3 nitrogen and oxygen atoms in total. The van der Waals surface area contributed by atoms with Gasteiger partial charge in [0, 0.05) is 6.92 Å². The number of aromatic nitrogens is 2. The summed E-state index contributed by atoms with van der Waals surface area (Å²) in [6.45, 7) is 1.69. The van der Waals surface area contributed by atoms with Gasteiger partial charge in [0.05, 0.1) is 6.20 Å². The van der Waals surface area contributed by atoms with Gasteiger partial charge in [-0.25, -0.2) is 14.4 Å². The maximum Gasteiger partial charge on any atom is 0.191 e. The van der Waals surface area contributed by atoms with Crippen molar-refractivity contribution in [2.75, 3.05) is 0 Å². The molecule has 14 heavy (non-hydrogen) atoms. The van der Waals surface area contributed by atoms with Crippen LogP contribution in [0.15, 0.2) is 27.3 Å². The van der Waals surface area contributed by atoms with Crippen LogP contribution in [-0.2, 0) is 0 Å². The van der Waals surface area contributed by atoms with Crippen LogP contribution in [-0.4, -0.2) is 9.97 Å². The molecule has 0 saturated carbocycles. The fourth-order valence-corrected chi connectivity index (χ4v) is 1.37. The number of hydrogen-bond acceptors (Lipinski definition) is 3. The quantitative estimate of drug-likeness (QED) is 0.737. The summed E-state index contributed by atoms with van der Waals surface area (Å²) in [4.78, 5) is 7.84. The third kappa shape index (κ3) is 1.68. The van der Waals surface area contributed by atoms with Crippen LogP contribution in [0.25, 0.3) is 11.5 Å². The second-order valence-electron chi connectivity index (χ2n) is 2.71. The topological polar surface area (TPSA) is 38.9 Å². The molecule has 0 amide bonds. The van der Waals surface area contributed by atoms with Crippen molar-refractivity contribution >= 4 is 15.9 Å². The number of nitrogens with zero attached hydrogens (tertiary/aromatic N) is 2. The van der Waals surface area contributed by atoms with Gasteiger partial charge in [-0.05, 0) is 28.1 Å². The zero-order chi connectivity index (χ0) is 10.1. The van der Waals surface area contributed by atoms with E-state index in [4.69, 9.17) is 4.42 Å². The summed E-state index contributed by atoms with van der Waals surface area (Å²) in [6.07, 6.45) is 1.45. The van der Waals surface area contributed by atoms with Crippen LogP contribution in [0.3, 0.4) is 0 Å². The van der Waals surface area contributed by atoms with E-state index in [1.807, 2.05) is 0 Å². The minimum absolute atomic E-state index is 0.167. The fraction of sp³-hybridized carbons (Fsp3) is 0.111. The Morgan fingerprint density at radius 3 is 2.86 bits per heavy atom. The fourth-order valence-electron chi connectivity index (χ4n) is 1.06. The average Bonchev–Trinajstić information content (AvgIpc) is 2.56. The smallest absolute Gasteiger partial charge is 0.191 e. The van der Waals surface area contributed by atoms with Crippen LogP contribution in [0.4, 0.5) is 4.39 Å². The molecule has 2 aromatic heterocycles. The second-order valence-corrected chi connectivity index (χ2v) is 3.52. The molecular formula is C9H6BrFN2O. The molecule has 2 aromatic rings. The molecule has 0 spiro atoms. The van der Waals surface area contributed by atoms with E-state index in [9.17, 15) is 4.39 Å². The van der Waals surface area contributed by atoms with Gasteiger partial charge in [0.1, 0.15) is 10.3 Å². The molecule has 5 heteroatoms. The van der Waals surface area contributed by atoms with Crippen LogP contribution in [0.1, 0.15) is 5.89 Å². The summed E-state index contributed by atoms with van der Waals surface area (Å²) in [7, 11) is 0. The van der Waals surface area contributed by atoms with E-state index in [2.05, 4.69) is 25.9 Å². The molecule has 2 rings (SSSR count). The van der Waals surface area contributed by atoms with Gasteiger partial charge in [0.2, 0.25) is 0 Å². The Morgan fingerprint density at radius 2 is 2.21 bits per heavy atom. The van der Waals surface area contributed by atoms with Crippen molar-refractivity contribution in [3.05, 3.63) is 34.6 Å². The first-order valence-electron chi connectivity index (χ1n) is 3.91. The minimum atomic E-state index is -0.427. The van der Waals surface area contributed by atoms with E-state index < -0.39 is 5.82 Å². The van der Waals surface area contributed by atoms with Gasteiger partial charge in [-0.15, -0.1) is 0 Å². The van der Waals surface area contributed by atoms with E-state index in [-0.39, 0.29) is 5.69 Å². The molecule has 0 bridgehead atoms. The van der Waals surface area contributed by atoms with Crippen LogP contribution >= 0.6 is 15.9 Å². The van der Waals surface area contributed by atoms with Crippen molar-refractivity contribution in [1.29, 1.82) is 0 Å². The number of hydrogen-bond donors (Lipinski definition) is 0. The van der Waals surface area contributed by atoms with E-state index >= 15 is 0 Å². The zero-order valence-electron chi connectivity index (χ0n) is 7.29. The van der Waals surface area contributed by atoms with Crippen molar-refractivity contribution in [2.45, 2.75) is 6.92 Å². The van der Waals surface area contributed by atoms with Gasteiger partial charge in [-0.2, -0.15) is 0 Å². The molecular weight excluding hydrogens is 251 g/mol. The maximum absolute atomic E-state index is 13.3. The molecule has 0 radical (unpaired) electrons. The highest BCUT2D eigenvalue weighted by atomic mass is 79.9. The summed E-state index contributed by atoms with van der Waals surface area (Å²) >= 11 is 3.16. The lowest BCUT2D eigenvalue weighted by Gasteiger charge is -1.97. The predicted octanol–water partition coefficient (Wildman–Crippen LogP) is 2.95. The molecule has 0 aliphatic heterocycles. The summed E-state index contributed by atoms with van der Waals surface area (Å²) in [5, 5.41) is 0. The summed E-state index contributed by atoms with van der Waals surface area (Å²) in [5.41, 5.74) is 0.167. The molecule has 0 aliphatic carbocycles. The first kappa shape index (κ1) is 9.33. The Balaban J connectivity index is 2.55. The van der Waals surface area contributed by atoms with Gasteiger partial charge >= 0.3 is 0 Å². The van der Waals surface area contributed by atoms with Gasteiger partial charge in [-0.3, -0.25) is 0 Å². The molecule has 0 saturated heterocycles. The largest absolute Gasteiger partial charge is 0.439 e.